The average molecular weight is 259 g/mol. The van der Waals surface area contributed by atoms with Crippen LogP contribution < -0.4 is 5.73 Å². The number of aromatic nitrogens is 2. The van der Waals surface area contributed by atoms with Gasteiger partial charge in [0, 0.05) is 18.4 Å². The summed E-state index contributed by atoms with van der Waals surface area (Å²) in [6.45, 7) is 4.13. The van der Waals surface area contributed by atoms with Gasteiger partial charge in [-0.05, 0) is 31.0 Å². The van der Waals surface area contributed by atoms with Crippen molar-refractivity contribution in [2.45, 2.75) is 30.3 Å². The van der Waals surface area contributed by atoms with Crippen molar-refractivity contribution in [1.82, 2.24) is 9.97 Å². The van der Waals surface area contributed by atoms with E-state index in [4.69, 9.17) is 5.73 Å². The van der Waals surface area contributed by atoms with Crippen LogP contribution in [0.1, 0.15) is 23.3 Å². The summed E-state index contributed by atoms with van der Waals surface area (Å²) < 4.78 is 0. The van der Waals surface area contributed by atoms with Gasteiger partial charge < -0.3 is 5.73 Å². The zero-order valence-electron chi connectivity index (χ0n) is 10.6. The van der Waals surface area contributed by atoms with Crippen LogP contribution in [-0.2, 0) is 0 Å². The Hall–Kier alpha value is -1.39. The van der Waals surface area contributed by atoms with Gasteiger partial charge in [-0.1, -0.05) is 36.0 Å². The summed E-state index contributed by atoms with van der Waals surface area (Å²) >= 11 is 1.62. The first-order valence-corrected chi connectivity index (χ1v) is 6.81. The van der Waals surface area contributed by atoms with Gasteiger partial charge in [0.25, 0.3) is 0 Å². The molecule has 2 rings (SSSR count). The van der Waals surface area contributed by atoms with E-state index in [0.717, 1.165) is 5.16 Å². The highest BCUT2D eigenvalue weighted by Gasteiger charge is 2.20. The summed E-state index contributed by atoms with van der Waals surface area (Å²) in [7, 11) is 0. The van der Waals surface area contributed by atoms with Crippen LogP contribution in [0.3, 0.4) is 0 Å². The number of thioether (sulfide) groups is 1. The molecule has 0 aliphatic carbocycles. The second-order valence-corrected chi connectivity index (χ2v) is 5.39. The first kappa shape index (κ1) is 13.1. The Balaban J connectivity index is 2.27. The van der Waals surface area contributed by atoms with Crippen molar-refractivity contribution in [3.63, 3.8) is 0 Å². The number of aryl methyl sites for hydroxylation is 1. The van der Waals surface area contributed by atoms with Gasteiger partial charge in [-0.25, -0.2) is 9.97 Å². The first-order valence-electron chi connectivity index (χ1n) is 5.93. The lowest BCUT2D eigenvalue weighted by Gasteiger charge is -2.21. The summed E-state index contributed by atoms with van der Waals surface area (Å²) in [4.78, 5) is 8.50. The van der Waals surface area contributed by atoms with E-state index in [2.05, 4.69) is 29.0 Å². The van der Waals surface area contributed by atoms with Crippen molar-refractivity contribution in [3.8, 4) is 0 Å². The Morgan fingerprint density at radius 2 is 1.78 bits per heavy atom. The molecule has 2 N–H and O–H groups in total. The summed E-state index contributed by atoms with van der Waals surface area (Å²) in [5, 5.41) is 0.941. The molecule has 1 aromatic carbocycles. The van der Waals surface area contributed by atoms with Crippen molar-refractivity contribution in [2.75, 3.05) is 0 Å². The van der Waals surface area contributed by atoms with E-state index in [1.165, 1.54) is 11.1 Å². The van der Waals surface area contributed by atoms with Gasteiger partial charge in [0.1, 0.15) is 0 Å². The number of rotatable bonds is 4. The van der Waals surface area contributed by atoms with E-state index in [1.807, 2.05) is 25.1 Å². The molecule has 1 heterocycles. The van der Waals surface area contributed by atoms with E-state index in [0.29, 0.717) is 0 Å². The lowest BCUT2D eigenvalue weighted by Crippen LogP contribution is -2.23. The maximum absolute atomic E-state index is 6.11. The molecule has 2 aromatic rings. The number of hydrogen-bond donors (Lipinski definition) is 1. The topological polar surface area (TPSA) is 51.8 Å². The molecule has 2 unspecified atom stereocenters. The monoisotopic (exact) mass is 259 g/mol. The first-order chi connectivity index (χ1) is 8.68. The number of benzene rings is 1. The summed E-state index contributed by atoms with van der Waals surface area (Å²) in [6.07, 6.45) is 3.51. The lowest BCUT2D eigenvalue weighted by molar-refractivity contribution is 0.714. The molecule has 18 heavy (non-hydrogen) atoms. The Labute approximate surface area is 112 Å². The standard InChI is InChI=1S/C14H17N3S/c1-10-6-3-4-7-12(10)13(11(2)15)18-14-16-8-5-9-17-14/h3-9,11,13H,15H2,1-2H3. The highest BCUT2D eigenvalue weighted by molar-refractivity contribution is 7.99. The Morgan fingerprint density at radius 3 is 2.39 bits per heavy atom. The van der Waals surface area contributed by atoms with Gasteiger partial charge in [0.2, 0.25) is 0 Å². The number of nitrogens with zero attached hydrogens (tertiary/aromatic N) is 2. The van der Waals surface area contributed by atoms with Crippen LogP contribution in [0.25, 0.3) is 0 Å². The zero-order valence-corrected chi connectivity index (χ0v) is 11.4. The summed E-state index contributed by atoms with van der Waals surface area (Å²) in [6, 6.07) is 10.2. The van der Waals surface area contributed by atoms with Crippen molar-refractivity contribution < 1.29 is 0 Å². The van der Waals surface area contributed by atoms with E-state index >= 15 is 0 Å². The van der Waals surface area contributed by atoms with Gasteiger partial charge in [-0.2, -0.15) is 0 Å². The number of nitrogens with two attached hydrogens (primary N) is 1. The average Bonchev–Trinajstić information content (AvgIpc) is 2.38. The molecule has 1 aromatic heterocycles. The zero-order chi connectivity index (χ0) is 13.0. The molecule has 0 amide bonds. The highest BCUT2D eigenvalue weighted by atomic mass is 32.2. The normalized spacial score (nSPS) is 14.2. The molecular formula is C14H17N3S. The Kier molecular flexibility index (Phi) is 4.33. The minimum Gasteiger partial charge on any atom is -0.327 e. The van der Waals surface area contributed by atoms with Crippen LogP contribution in [-0.4, -0.2) is 16.0 Å². The molecule has 0 radical (unpaired) electrons. The molecule has 0 fully saturated rings. The molecule has 4 heteroatoms. The van der Waals surface area contributed by atoms with E-state index in [1.54, 1.807) is 24.2 Å². The molecule has 2 atom stereocenters. The van der Waals surface area contributed by atoms with Crippen molar-refractivity contribution >= 4 is 11.8 Å². The maximum atomic E-state index is 6.11. The van der Waals surface area contributed by atoms with Crippen molar-refractivity contribution in [1.29, 1.82) is 0 Å². The largest absolute Gasteiger partial charge is 0.327 e. The fourth-order valence-corrected chi connectivity index (χ4v) is 2.90. The maximum Gasteiger partial charge on any atom is 0.188 e. The molecule has 0 saturated heterocycles. The fourth-order valence-electron chi connectivity index (χ4n) is 1.82. The second-order valence-electron chi connectivity index (χ2n) is 4.29. The second kappa shape index (κ2) is 5.98. The third kappa shape index (κ3) is 3.09. The van der Waals surface area contributed by atoms with Gasteiger partial charge in [0.05, 0.1) is 5.25 Å². The van der Waals surface area contributed by atoms with Gasteiger partial charge in [-0.3, -0.25) is 0 Å². The van der Waals surface area contributed by atoms with Gasteiger partial charge in [0.15, 0.2) is 5.16 Å². The van der Waals surface area contributed by atoms with E-state index < -0.39 is 0 Å². The predicted octanol–water partition coefficient (Wildman–Crippen LogP) is 2.97. The quantitative estimate of drug-likeness (QED) is 0.677. The Morgan fingerprint density at radius 1 is 1.11 bits per heavy atom. The van der Waals surface area contributed by atoms with Gasteiger partial charge >= 0.3 is 0 Å². The third-order valence-electron chi connectivity index (χ3n) is 2.75. The van der Waals surface area contributed by atoms with Crippen LogP contribution in [0.15, 0.2) is 47.9 Å². The minimum absolute atomic E-state index is 0.0416. The molecule has 0 aliphatic rings. The van der Waals surface area contributed by atoms with Crippen LogP contribution in [0.5, 0.6) is 0 Å². The summed E-state index contributed by atoms with van der Waals surface area (Å²) in [5.74, 6) is 0. The summed E-state index contributed by atoms with van der Waals surface area (Å²) in [5.41, 5.74) is 8.62. The molecule has 0 aliphatic heterocycles. The molecule has 94 valence electrons. The highest BCUT2D eigenvalue weighted by Crippen LogP contribution is 2.36. The van der Waals surface area contributed by atoms with Crippen molar-refractivity contribution in [3.05, 3.63) is 53.9 Å². The molecule has 0 bridgehead atoms. The van der Waals surface area contributed by atoms with Crippen LogP contribution in [0, 0.1) is 6.92 Å². The van der Waals surface area contributed by atoms with Crippen LogP contribution >= 0.6 is 11.8 Å². The predicted molar refractivity (Wildman–Crippen MR) is 75.5 cm³/mol. The molecule has 0 saturated carbocycles. The van der Waals surface area contributed by atoms with E-state index in [-0.39, 0.29) is 11.3 Å². The Bertz CT molecular complexity index is 499. The minimum atomic E-state index is 0.0416. The lowest BCUT2D eigenvalue weighted by atomic mass is 10.0. The smallest absolute Gasteiger partial charge is 0.188 e. The number of hydrogen-bond acceptors (Lipinski definition) is 4. The fraction of sp³-hybridized carbons (Fsp3) is 0.286. The van der Waals surface area contributed by atoms with Crippen LogP contribution in [0.2, 0.25) is 0 Å². The van der Waals surface area contributed by atoms with Gasteiger partial charge in [-0.15, -0.1) is 0 Å². The van der Waals surface area contributed by atoms with Crippen LogP contribution in [0.4, 0.5) is 0 Å². The SMILES string of the molecule is Cc1ccccc1C(Sc1ncccn1)C(C)N. The third-order valence-corrected chi connectivity index (χ3v) is 4.11. The molecular weight excluding hydrogens is 242 g/mol. The van der Waals surface area contributed by atoms with Crippen molar-refractivity contribution in [2.24, 2.45) is 5.73 Å². The molecule has 3 nitrogen and oxygen atoms in total. The molecule has 0 spiro atoms. The van der Waals surface area contributed by atoms with E-state index in [9.17, 15) is 0 Å².